The van der Waals surface area contributed by atoms with E-state index >= 15 is 0 Å². The molecule has 60 valence electrons. The van der Waals surface area contributed by atoms with E-state index in [9.17, 15) is 0 Å². The summed E-state index contributed by atoms with van der Waals surface area (Å²) in [5.41, 5.74) is 0. The lowest BCUT2D eigenvalue weighted by molar-refractivity contribution is 0.473. The van der Waals surface area contributed by atoms with Crippen LogP contribution in [0, 0.1) is 0 Å². The van der Waals surface area contributed by atoms with E-state index in [-0.39, 0.29) is 5.75 Å². The third-order valence-electron chi connectivity index (χ3n) is 1.09. The molecule has 0 atom stereocenters. The smallest absolute Gasteiger partial charge is 0.116 e. The molecule has 0 amide bonds. The molecule has 0 aromatic heterocycles. The van der Waals surface area contributed by atoms with Crippen LogP contribution >= 0.6 is 43.3 Å². The van der Waals surface area contributed by atoms with Crippen molar-refractivity contribution < 1.29 is 5.11 Å². The van der Waals surface area contributed by atoms with Gasteiger partial charge in [0.15, 0.2) is 0 Å². The molecule has 11 heavy (non-hydrogen) atoms. The predicted molar refractivity (Wildman–Crippen MR) is 51.5 cm³/mol. The molecule has 5 heteroatoms. The van der Waals surface area contributed by atoms with Crippen molar-refractivity contribution in [2.24, 2.45) is 0 Å². The molecule has 0 fully saturated rings. The van der Waals surface area contributed by atoms with Gasteiger partial charge in [-0.25, -0.2) is 0 Å². The Hall–Kier alpha value is 0.300. The number of rotatable bonds is 2. The summed E-state index contributed by atoms with van der Waals surface area (Å²) in [4.78, 5) is 1.62. The molecule has 0 aliphatic carbocycles. The topological polar surface area (TPSA) is 20.2 Å². The molecule has 0 aliphatic rings. The van der Waals surface area contributed by atoms with Gasteiger partial charge in [-0.3, -0.25) is 0 Å². The first-order valence-corrected chi connectivity index (χ1v) is 5.96. The number of phenols is 1. The van der Waals surface area contributed by atoms with Crippen LogP contribution in [0.1, 0.15) is 0 Å². The van der Waals surface area contributed by atoms with Gasteiger partial charge in [-0.2, -0.15) is 0 Å². The number of phenolic OH excluding ortho intramolecular Hbond substituents is 1. The molecule has 0 unspecified atom stereocenters. The first-order valence-electron chi connectivity index (χ1n) is 2.68. The second-order valence-electron chi connectivity index (χ2n) is 1.79. The van der Waals surface area contributed by atoms with Crippen molar-refractivity contribution in [2.45, 2.75) is 9.79 Å². The predicted octanol–water partition coefficient (Wildman–Crippen LogP) is 3.88. The van der Waals surface area contributed by atoms with Crippen molar-refractivity contribution >= 4 is 43.3 Å². The quantitative estimate of drug-likeness (QED) is 0.827. The van der Waals surface area contributed by atoms with Crippen molar-refractivity contribution in [3.05, 3.63) is 18.2 Å². The highest BCUT2D eigenvalue weighted by Crippen LogP contribution is 2.36. The first-order chi connectivity index (χ1) is 5.27. The van der Waals surface area contributed by atoms with Crippen molar-refractivity contribution in [2.75, 3.05) is 0 Å². The summed E-state index contributed by atoms with van der Waals surface area (Å²) in [6.07, 6.45) is 0. The van der Waals surface area contributed by atoms with Crippen LogP contribution in [0.3, 0.4) is 0 Å². The summed E-state index contributed by atoms with van der Waals surface area (Å²) in [6.45, 7) is 0. The van der Waals surface area contributed by atoms with Crippen molar-refractivity contribution in [1.82, 2.24) is 0 Å². The van der Waals surface area contributed by atoms with E-state index in [1.165, 1.54) is 0 Å². The van der Waals surface area contributed by atoms with E-state index in [0.717, 1.165) is 31.7 Å². The average Bonchev–Trinajstić information content (AvgIpc) is 2.04. The summed E-state index contributed by atoms with van der Waals surface area (Å²) in [7, 11) is 13.2. The van der Waals surface area contributed by atoms with E-state index in [4.69, 9.17) is 26.5 Å². The van der Waals surface area contributed by atoms with Gasteiger partial charge in [0.1, 0.15) is 5.75 Å². The van der Waals surface area contributed by atoms with E-state index in [1.807, 2.05) is 0 Å². The third kappa shape index (κ3) is 2.37. The lowest BCUT2D eigenvalue weighted by Crippen LogP contribution is -1.72. The lowest BCUT2D eigenvalue weighted by atomic mass is 10.3. The number of hydrogen-bond acceptors (Lipinski definition) is 3. The van der Waals surface area contributed by atoms with Gasteiger partial charge < -0.3 is 5.11 Å². The van der Waals surface area contributed by atoms with Gasteiger partial charge >= 0.3 is 0 Å². The summed E-state index contributed by atoms with van der Waals surface area (Å²) in [6, 6.07) is 4.86. The van der Waals surface area contributed by atoms with Crippen LogP contribution in [0.4, 0.5) is 0 Å². The minimum absolute atomic E-state index is 0.197. The Morgan fingerprint density at radius 1 is 1.09 bits per heavy atom. The third-order valence-corrected chi connectivity index (χ3v) is 3.25. The SMILES string of the molecule is Oc1ccc(SCl)c(SCl)c1. The minimum atomic E-state index is 0.197. The molecule has 1 nitrogen and oxygen atoms in total. The van der Waals surface area contributed by atoms with Gasteiger partial charge in [0.2, 0.25) is 0 Å². The summed E-state index contributed by atoms with van der Waals surface area (Å²) < 4.78 is 0. The van der Waals surface area contributed by atoms with Crippen molar-refractivity contribution in [1.29, 1.82) is 0 Å². The normalized spacial score (nSPS) is 10.0. The zero-order chi connectivity index (χ0) is 8.27. The van der Waals surface area contributed by atoms with Crippen LogP contribution in [-0.4, -0.2) is 5.11 Å². The number of benzene rings is 1. The van der Waals surface area contributed by atoms with E-state index in [1.54, 1.807) is 18.2 Å². The highest BCUT2D eigenvalue weighted by atomic mass is 35.7. The van der Waals surface area contributed by atoms with Crippen LogP contribution in [0.5, 0.6) is 5.75 Å². The van der Waals surface area contributed by atoms with Gasteiger partial charge in [0, 0.05) is 9.79 Å². The highest BCUT2D eigenvalue weighted by Gasteiger charge is 2.02. The van der Waals surface area contributed by atoms with Crippen LogP contribution in [0.25, 0.3) is 0 Å². The Labute approximate surface area is 82.1 Å². The molecule has 0 saturated carbocycles. The van der Waals surface area contributed by atoms with Crippen molar-refractivity contribution in [3.8, 4) is 5.75 Å². The van der Waals surface area contributed by atoms with E-state index in [0.29, 0.717) is 0 Å². The lowest BCUT2D eigenvalue weighted by Gasteiger charge is -2.00. The maximum Gasteiger partial charge on any atom is 0.116 e. The zero-order valence-corrected chi connectivity index (χ0v) is 8.40. The van der Waals surface area contributed by atoms with Crippen molar-refractivity contribution in [3.63, 3.8) is 0 Å². The fourth-order valence-electron chi connectivity index (χ4n) is 0.621. The van der Waals surface area contributed by atoms with Crippen LogP contribution in [0.2, 0.25) is 0 Å². The summed E-state index contributed by atoms with van der Waals surface area (Å²) >= 11 is 0. The Morgan fingerprint density at radius 2 is 1.73 bits per heavy atom. The molecule has 0 saturated heterocycles. The molecule has 1 rings (SSSR count). The van der Waals surface area contributed by atoms with E-state index in [2.05, 4.69) is 0 Å². The molecule has 1 aromatic carbocycles. The standard InChI is InChI=1S/C6H4Cl2OS2/c7-10-5-2-1-4(9)3-6(5)11-8/h1-3,9H. The Bertz CT molecular complexity index is 254. The van der Waals surface area contributed by atoms with E-state index < -0.39 is 0 Å². The minimum Gasteiger partial charge on any atom is -0.508 e. The largest absolute Gasteiger partial charge is 0.508 e. The number of aromatic hydroxyl groups is 1. The van der Waals surface area contributed by atoms with Gasteiger partial charge in [0.25, 0.3) is 0 Å². The highest BCUT2D eigenvalue weighted by molar-refractivity contribution is 8.23. The van der Waals surface area contributed by atoms with Gasteiger partial charge in [-0.05, 0) is 61.5 Å². The molecule has 0 spiro atoms. The number of hydrogen-bond donors (Lipinski definition) is 1. The van der Waals surface area contributed by atoms with Crippen LogP contribution in [-0.2, 0) is 0 Å². The maximum atomic E-state index is 9.04. The summed E-state index contributed by atoms with van der Waals surface area (Å²) in [5, 5.41) is 9.04. The fraction of sp³-hybridized carbons (Fsp3) is 0. The molecular weight excluding hydrogens is 223 g/mol. The second kappa shape index (κ2) is 4.36. The molecule has 0 radical (unpaired) electrons. The molecule has 0 heterocycles. The average molecular weight is 227 g/mol. The zero-order valence-electron chi connectivity index (χ0n) is 5.25. The monoisotopic (exact) mass is 226 g/mol. The molecular formula is C6H4Cl2OS2. The molecule has 0 aliphatic heterocycles. The van der Waals surface area contributed by atoms with Gasteiger partial charge in [0.05, 0.1) is 0 Å². The molecule has 1 aromatic rings. The van der Waals surface area contributed by atoms with Crippen LogP contribution < -0.4 is 0 Å². The Morgan fingerprint density at radius 3 is 2.27 bits per heavy atom. The number of halogens is 2. The Balaban J connectivity index is 3.06. The first kappa shape index (κ1) is 9.39. The van der Waals surface area contributed by atoms with Gasteiger partial charge in [-0.15, -0.1) is 0 Å². The van der Waals surface area contributed by atoms with Crippen LogP contribution in [0.15, 0.2) is 28.0 Å². The fourth-order valence-corrected chi connectivity index (χ4v) is 2.50. The molecule has 1 N–H and O–H groups in total. The maximum absolute atomic E-state index is 9.04. The second-order valence-corrected chi connectivity index (χ2v) is 3.90. The Kier molecular flexibility index (Phi) is 3.72. The molecule has 0 bridgehead atoms. The summed E-state index contributed by atoms with van der Waals surface area (Å²) in [5.74, 6) is 0.197. The van der Waals surface area contributed by atoms with Gasteiger partial charge in [-0.1, -0.05) is 0 Å².